The highest BCUT2D eigenvalue weighted by Gasteiger charge is 2.46. The SMILES string of the molecule is O=C1C(=O)N(c2ccc(F)cc2)C(c2ccc(O)cc2)/C1=C(\O)c1ccc(Cl)cc1. The van der Waals surface area contributed by atoms with Gasteiger partial charge in [-0.1, -0.05) is 23.7 Å². The second-order valence-electron chi connectivity index (χ2n) is 6.74. The third kappa shape index (κ3) is 3.42. The van der Waals surface area contributed by atoms with E-state index in [0.29, 0.717) is 21.8 Å². The second kappa shape index (κ2) is 7.65. The first kappa shape index (κ1) is 19.7. The van der Waals surface area contributed by atoms with Gasteiger partial charge in [-0.3, -0.25) is 14.5 Å². The van der Waals surface area contributed by atoms with Crippen LogP contribution in [-0.4, -0.2) is 21.9 Å². The normalized spacial score (nSPS) is 18.1. The van der Waals surface area contributed by atoms with E-state index in [0.717, 1.165) is 0 Å². The van der Waals surface area contributed by atoms with E-state index in [-0.39, 0.29) is 17.1 Å². The molecule has 0 aliphatic carbocycles. The monoisotopic (exact) mass is 423 g/mol. The van der Waals surface area contributed by atoms with Gasteiger partial charge in [0, 0.05) is 16.3 Å². The van der Waals surface area contributed by atoms with Crippen LogP contribution in [0, 0.1) is 5.82 Å². The molecule has 0 bridgehead atoms. The number of benzene rings is 3. The van der Waals surface area contributed by atoms with Crippen LogP contribution in [0.15, 0.2) is 78.4 Å². The molecule has 150 valence electrons. The molecule has 0 saturated carbocycles. The van der Waals surface area contributed by atoms with Crippen molar-refractivity contribution in [1.29, 1.82) is 0 Å². The maximum Gasteiger partial charge on any atom is 0.300 e. The van der Waals surface area contributed by atoms with Crippen molar-refractivity contribution in [2.45, 2.75) is 6.04 Å². The van der Waals surface area contributed by atoms with Gasteiger partial charge in [0.1, 0.15) is 17.3 Å². The highest BCUT2D eigenvalue weighted by atomic mass is 35.5. The molecule has 5 nitrogen and oxygen atoms in total. The zero-order chi connectivity index (χ0) is 21.4. The lowest BCUT2D eigenvalue weighted by molar-refractivity contribution is -0.132. The predicted molar refractivity (Wildman–Crippen MR) is 111 cm³/mol. The number of hydrogen-bond donors (Lipinski definition) is 2. The summed E-state index contributed by atoms with van der Waals surface area (Å²) in [6, 6.07) is 16.3. The number of amides is 1. The highest BCUT2D eigenvalue weighted by Crippen LogP contribution is 2.42. The minimum absolute atomic E-state index is 0.00943. The van der Waals surface area contributed by atoms with Crippen LogP contribution in [0.5, 0.6) is 5.75 Å². The highest BCUT2D eigenvalue weighted by molar-refractivity contribution is 6.51. The van der Waals surface area contributed by atoms with Gasteiger partial charge in [0.25, 0.3) is 11.7 Å². The number of aliphatic hydroxyl groups excluding tert-OH is 1. The molecular formula is C23H15ClFNO4. The fourth-order valence-electron chi connectivity index (χ4n) is 3.44. The van der Waals surface area contributed by atoms with Gasteiger partial charge < -0.3 is 10.2 Å². The van der Waals surface area contributed by atoms with Gasteiger partial charge in [0.2, 0.25) is 0 Å². The Balaban J connectivity index is 1.93. The molecule has 3 aromatic rings. The largest absolute Gasteiger partial charge is 0.508 e. The Labute approximate surface area is 176 Å². The first-order chi connectivity index (χ1) is 14.4. The van der Waals surface area contributed by atoms with Crippen molar-refractivity contribution in [2.24, 2.45) is 0 Å². The van der Waals surface area contributed by atoms with Crippen molar-refractivity contribution >= 4 is 34.7 Å². The number of anilines is 1. The summed E-state index contributed by atoms with van der Waals surface area (Å²) in [5.41, 5.74) is 0.996. The molecule has 30 heavy (non-hydrogen) atoms. The predicted octanol–water partition coefficient (Wildman–Crippen LogP) is 4.81. The van der Waals surface area contributed by atoms with Gasteiger partial charge in [-0.2, -0.15) is 0 Å². The Morgan fingerprint density at radius 1 is 0.900 bits per heavy atom. The number of hydrogen-bond acceptors (Lipinski definition) is 4. The van der Waals surface area contributed by atoms with Crippen molar-refractivity contribution in [3.8, 4) is 5.75 Å². The van der Waals surface area contributed by atoms with Crippen LogP contribution >= 0.6 is 11.6 Å². The Kier molecular flexibility index (Phi) is 5.01. The van der Waals surface area contributed by atoms with Crippen LogP contribution in [0.2, 0.25) is 5.02 Å². The quantitative estimate of drug-likeness (QED) is 0.360. The van der Waals surface area contributed by atoms with Gasteiger partial charge in [-0.15, -0.1) is 0 Å². The number of phenolic OH excluding ortho intramolecular Hbond substituents is 1. The van der Waals surface area contributed by atoms with Crippen molar-refractivity contribution in [3.63, 3.8) is 0 Å². The van der Waals surface area contributed by atoms with Crippen LogP contribution < -0.4 is 4.90 Å². The summed E-state index contributed by atoms with van der Waals surface area (Å²) < 4.78 is 13.4. The second-order valence-corrected chi connectivity index (χ2v) is 7.18. The topological polar surface area (TPSA) is 77.8 Å². The maximum atomic E-state index is 13.4. The van der Waals surface area contributed by atoms with E-state index in [1.807, 2.05) is 0 Å². The minimum atomic E-state index is -0.966. The number of nitrogens with zero attached hydrogens (tertiary/aromatic N) is 1. The average molecular weight is 424 g/mol. The van der Waals surface area contributed by atoms with E-state index in [9.17, 15) is 24.2 Å². The van der Waals surface area contributed by atoms with Crippen LogP contribution in [-0.2, 0) is 9.59 Å². The number of halogens is 2. The first-order valence-corrected chi connectivity index (χ1v) is 9.36. The molecule has 0 spiro atoms. The Bertz CT molecular complexity index is 1160. The number of aromatic hydroxyl groups is 1. The lowest BCUT2D eigenvalue weighted by Crippen LogP contribution is -2.29. The summed E-state index contributed by atoms with van der Waals surface area (Å²) >= 11 is 5.90. The van der Waals surface area contributed by atoms with E-state index in [4.69, 9.17) is 11.6 Å². The van der Waals surface area contributed by atoms with Gasteiger partial charge >= 0.3 is 0 Å². The molecule has 2 N–H and O–H groups in total. The van der Waals surface area contributed by atoms with Gasteiger partial charge in [-0.05, 0) is 66.2 Å². The third-order valence-electron chi connectivity index (χ3n) is 4.88. The van der Waals surface area contributed by atoms with Gasteiger partial charge in [0.15, 0.2) is 0 Å². The molecule has 1 fully saturated rings. The van der Waals surface area contributed by atoms with Crippen LogP contribution in [0.3, 0.4) is 0 Å². The Hall–Kier alpha value is -3.64. The number of rotatable bonds is 3. The van der Waals surface area contributed by atoms with E-state index in [2.05, 4.69) is 0 Å². The molecular weight excluding hydrogens is 409 g/mol. The number of ketones is 1. The average Bonchev–Trinajstić information content (AvgIpc) is 3.00. The van der Waals surface area contributed by atoms with Crippen molar-refractivity contribution in [2.75, 3.05) is 4.90 Å². The first-order valence-electron chi connectivity index (χ1n) is 8.98. The number of Topliss-reactive ketones (excluding diaryl/α,β-unsaturated/α-hetero) is 1. The fourth-order valence-corrected chi connectivity index (χ4v) is 3.56. The van der Waals surface area contributed by atoms with Crippen LogP contribution in [0.4, 0.5) is 10.1 Å². The molecule has 1 aliphatic heterocycles. The van der Waals surface area contributed by atoms with Crippen molar-refractivity contribution in [1.82, 2.24) is 0 Å². The van der Waals surface area contributed by atoms with Crippen LogP contribution in [0.1, 0.15) is 17.2 Å². The molecule has 1 atom stereocenters. The molecule has 0 aromatic heterocycles. The van der Waals surface area contributed by atoms with E-state index < -0.39 is 23.5 Å². The summed E-state index contributed by atoms with van der Waals surface area (Å²) in [5, 5.41) is 21.0. The van der Waals surface area contributed by atoms with E-state index in [1.165, 1.54) is 53.4 Å². The molecule has 7 heteroatoms. The summed E-state index contributed by atoms with van der Waals surface area (Å²) in [6.07, 6.45) is 0. The molecule has 1 amide bonds. The van der Waals surface area contributed by atoms with Gasteiger partial charge in [-0.25, -0.2) is 4.39 Å². The zero-order valence-electron chi connectivity index (χ0n) is 15.4. The summed E-state index contributed by atoms with van der Waals surface area (Å²) in [5.74, 6) is -2.55. The lowest BCUT2D eigenvalue weighted by atomic mass is 9.95. The van der Waals surface area contributed by atoms with E-state index >= 15 is 0 Å². The Morgan fingerprint density at radius 2 is 1.50 bits per heavy atom. The molecule has 4 rings (SSSR count). The number of carbonyl (C=O) groups excluding carboxylic acids is 2. The number of aliphatic hydroxyl groups is 1. The lowest BCUT2D eigenvalue weighted by Gasteiger charge is -2.25. The molecule has 1 aliphatic rings. The maximum absolute atomic E-state index is 13.4. The molecule has 3 aromatic carbocycles. The van der Waals surface area contributed by atoms with Gasteiger partial charge in [0.05, 0.1) is 11.6 Å². The molecule has 0 radical (unpaired) electrons. The molecule has 1 unspecified atom stereocenters. The van der Waals surface area contributed by atoms with Crippen molar-refractivity contribution < 1.29 is 24.2 Å². The standard InChI is InChI=1S/C23H15ClFNO4/c24-15-5-1-14(2-6-15)21(28)19-20(13-3-11-18(27)12-4-13)26(23(30)22(19)29)17-9-7-16(25)8-10-17/h1-12,20,27-28H/b21-19+. The van der Waals surface area contributed by atoms with Crippen molar-refractivity contribution in [3.05, 3.63) is 100 Å². The summed E-state index contributed by atoms with van der Waals surface area (Å²) in [6.45, 7) is 0. The smallest absolute Gasteiger partial charge is 0.300 e. The number of phenols is 1. The minimum Gasteiger partial charge on any atom is -0.508 e. The zero-order valence-corrected chi connectivity index (χ0v) is 16.2. The van der Waals surface area contributed by atoms with Crippen LogP contribution in [0.25, 0.3) is 5.76 Å². The Morgan fingerprint density at radius 3 is 2.10 bits per heavy atom. The summed E-state index contributed by atoms with van der Waals surface area (Å²) in [4.78, 5) is 27.0. The molecule has 1 saturated heterocycles. The third-order valence-corrected chi connectivity index (χ3v) is 5.13. The summed E-state index contributed by atoms with van der Waals surface area (Å²) in [7, 11) is 0. The molecule has 1 heterocycles. The number of carbonyl (C=O) groups is 2. The fraction of sp³-hybridized carbons (Fsp3) is 0.0435. The van der Waals surface area contributed by atoms with E-state index in [1.54, 1.807) is 24.3 Å².